The molecular weight excluding hydrogens is 434 g/mol. The number of nitroso groups, excluding NO2 is 1. The van der Waals surface area contributed by atoms with Gasteiger partial charge in [-0.3, -0.25) is 0 Å². The summed E-state index contributed by atoms with van der Waals surface area (Å²) in [6.07, 6.45) is 7.77. The quantitative estimate of drug-likeness (QED) is 0.165. The van der Waals surface area contributed by atoms with Crippen LogP contribution in [0.4, 0.5) is 0 Å². The maximum Gasteiger partial charge on any atom is 0.0947 e. The first-order valence-electron chi connectivity index (χ1n) is 14.9. The Kier molecular flexibility index (Phi) is 17.6. The van der Waals surface area contributed by atoms with Gasteiger partial charge in [-0.1, -0.05) is 113 Å². The second kappa shape index (κ2) is 17.9. The highest BCUT2D eigenvalue weighted by atomic mass is 16.3. The summed E-state index contributed by atoms with van der Waals surface area (Å²) in [5.74, 6) is 4.15. The minimum Gasteiger partial charge on any atom is -0.393 e. The number of hydrogen-bond donors (Lipinski definition) is 2. The summed E-state index contributed by atoms with van der Waals surface area (Å²) in [6, 6.07) is -0.136. The molecule has 0 aromatic rings. The Morgan fingerprint density at radius 3 is 1.40 bits per heavy atom. The molecule has 0 aliphatic rings. The maximum absolute atomic E-state index is 11.2. The summed E-state index contributed by atoms with van der Waals surface area (Å²) in [7, 11) is 0. The fourth-order valence-corrected chi connectivity index (χ4v) is 5.33. The first kappa shape index (κ1) is 34.5. The molecule has 0 spiro atoms. The van der Waals surface area contributed by atoms with E-state index in [1.165, 1.54) is 19.3 Å². The molecule has 11 atom stereocenters. The molecule has 0 aliphatic heterocycles. The smallest absolute Gasteiger partial charge is 0.0947 e. The molecule has 210 valence electrons. The van der Waals surface area contributed by atoms with E-state index >= 15 is 0 Å². The molecule has 0 radical (unpaired) electrons. The lowest BCUT2D eigenvalue weighted by Gasteiger charge is -2.31. The molecule has 0 rings (SSSR count). The predicted octanol–water partition coefficient (Wildman–Crippen LogP) is 8.73. The highest BCUT2D eigenvalue weighted by Crippen LogP contribution is 2.33. The lowest BCUT2D eigenvalue weighted by Crippen LogP contribution is -2.30. The van der Waals surface area contributed by atoms with E-state index in [0.717, 1.165) is 32.1 Å². The average molecular weight is 498 g/mol. The van der Waals surface area contributed by atoms with Gasteiger partial charge in [-0.2, -0.15) is 4.91 Å². The Morgan fingerprint density at radius 2 is 0.971 bits per heavy atom. The number of rotatable bonds is 20. The van der Waals surface area contributed by atoms with E-state index in [9.17, 15) is 15.1 Å². The van der Waals surface area contributed by atoms with E-state index in [1.54, 1.807) is 0 Å². The van der Waals surface area contributed by atoms with Crippen LogP contribution in [0.2, 0.25) is 0 Å². The van der Waals surface area contributed by atoms with Crippen LogP contribution in [0.1, 0.15) is 128 Å². The number of aliphatic hydroxyl groups excluding tert-OH is 2. The Labute approximate surface area is 219 Å². The van der Waals surface area contributed by atoms with Crippen molar-refractivity contribution in [3.05, 3.63) is 4.91 Å². The summed E-state index contributed by atoms with van der Waals surface area (Å²) in [5, 5.41) is 24.5. The zero-order valence-electron chi connectivity index (χ0n) is 25.3. The largest absolute Gasteiger partial charge is 0.393 e. The summed E-state index contributed by atoms with van der Waals surface area (Å²) in [6.45, 7) is 24.5. The summed E-state index contributed by atoms with van der Waals surface area (Å²) >= 11 is 0. The van der Waals surface area contributed by atoms with Gasteiger partial charge in [0.2, 0.25) is 0 Å². The molecule has 2 N–H and O–H groups in total. The summed E-state index contributed by atoms with van der Waals surface area (Å²) in [5.41, 5.74) is 0. The van der Waals surface area contributed by atoms with E-state index in [1.807, 2.05) is 0 Å². The Morgan fingerprint density at radius 1 is 0.543 bits per heavy atom. The molecule has 0 aromatic carbocycles. The van der Waals surface area contributed by atoms with Gasteiger partial charge < -0.3 is 10.2 Å². The van der Waals surface area contributed by atoms with Gasteiger partial charge in [0.1, 0.15) is 0 Å². The van der Waals surface area contributed by atoms with Gasteiger partial charge in [0, 0.05) is 0 Å². The van der Waals surface area contributed by atoms with Gasteiger partial charge in [0.15, 0.2) is 0 Å². The molecule has 4 heteroatoms. The second-order valence-corrected chi connectivity index (χ2v) is 13.0. The van der Waals surface area contributed by atoms with Gasteiger partial charge in [-0.15, -0.1) is 0 Å². The van der Waals surface area contributed by atoms with E-state index in [0.29, 0.717) is 41.4 Å². The van der Waals surface area contributed by atoms with Gasteiger partial charge in [0.05, 0.1) is 18.2 Å². The van der Waals surface area contributed by atoms with Crippen molar-refractivity contribution in [2.45, 2.75) is 146 Å². The number of aliphatic hydroxyl groups is 2. The number of hydrogen-bond acceptors (Lipinski definition) is 4. The van der Waals surface area contributed by atoms with Crippen molar-refractivity contribution < 1.29 is 10.2 Å². The fraction of sp³-hybridized carbons (Fsp3) is 1.00. The van der Waals surface area contributed by atoms with Crippen LogP contribution in [-0.2, 0) is 0 Å². The zero-order chi connectivity index (χ0) is 27.3. The van der Waals surface area contributed by atoms with E-state index in [2.05, 4.69) is 81.3 Å². The first-order chi connectivity index (χ1) is 16.3. The third kappa shape index (κ3) is 13.0. The molecule has 35 heavy (non-hydrogen) atoms. The Hall–Kier alpha value is -0.480. The van der Waals surface area contributed by atoms with Gasteiger partial charge in [-0.25, -0.2) is 0 Å². The molecule has 0 fully saturated rings. The van der Waals surface area contributed by atoms with Crippen molar-refractivity contribution in [3.63, 3.8) is 0 Å². The molecule has 0 saturated carbocycles. The maximum atomic E-state index is 11.2. The third-order valence-electron chi connectivity index (χ3n) is 9.82. The molecule has 0 aliphatic carbocycles. The van der Waals surface area contributed by atoms with Crippen molar-refractivity contribution in [3.8, 4) is 0 Å². The lowest BCUT2D eigenvalue weighted by molar-refractivity contribution is 0.0519. The first-order valence-corrected chi connectivity index (χ1v) is 14.9. The topological polar surface area (TPSA) is 69.9 Å². The highest BCUT2D eigenvalue weighted by molar-refractivity contribution is 4.81. The summed E-state index contributed by atoms with van der Waals surface area (Å²) in [4.78, 5) is 11.2. The van der Waals surface area contributed by atoms with Crippen molar-refractivity contribution in [2.24, 2.45) is 58.4 Å². The molecule has 9 unspecified atom stereocenters. The molecule has 4 nitrogen and oxygen atoms in total. The van der Waals surface area contributed by atoms with Crippen LogP contribution in [0.3, 0.4) is 0 Å². The average Bonchev–Trinajstić information content (AvgIpc) is 2.82. The predicted molar refractivity (Wildman–Crippen MR) is 152 cm³/mol. The third-order valence-corrected chi connectivity index (χ3v) is 9.82. The molecule has 0 heterocycles. The zero-order valence-corrected chi connectivity index (χ0v) is 25.3. The molecule has 0 saturated heterocycles. The normalized spacial score (nSPS) is 21.9. The monoisotopic (exact) mass is 497 g/mol. The minimum atomic E-state index is -0.326. The lowest BCUT2D eigenvalue weighted by atomic mass is 9.77. The van der Waals surface area contributed by atoms with Crippen LogP contribution < -0.4 is 0 Å². The highest BCUT2D eigenvalue weighted by Gasteiger charge is 2.29. The molecule has 0 aromatic heterocycles. The fourth-order valence-electron chi connectivity index (χ4n) is 5.33. The van der Waals surface area contributed by atoms with Crippen molar-refractivity contribution in [1.82, 2.24) is 0 Å². The van der Waals surface area contributed by atoms with Gasteiger partial charge >= 0.3 is 0 Å². The van der Waals surface area contributed by atoms with Crippen LogP contribution in [0, 0.1) is 58.2 Å². The van der Waals surface area contributed by atoms with Crippen LogP contribution in [0.5, 0.6) is 0 Å². The minimum absolute atomic E-state index is 0.136. The van der Waals surface area contributed by atoms with Crippen LogP contribution in [0.25, 0.3) is 0 Å². The number of nitrogens with zero attached hydrogens (tertiary/aromatic N) is 1. The van der Waals surface area contributed by atoms with Gasteiger partial charge in [-0.05, 0) is 72.5 Å². The molecular formula is C31H63NO3. The van der Waals surface area contributed by atoms with Crippen molar-refractivity contribution in [1.29, 1.82) is 0 Å². The standard InChI is InChI=1S/C31H63NO3/c1-12-13-29(32-35)27(10)26(9)19-31(34)28(11)24(7)17-16-22(5)21(4)14-15-23(6)25(8)18-30(33)20(2)3/h20-31,33-34H,12-19H2,1-11H3/t21?,22?,23?,24-,25-,26?,27?,28?,29?,30?,31?/m1/s1. The Bertz CT molecular complexity index is 539. The molecule has 0 bridgehead atoms. The van der Waals surface area contributed by atoms with Crippen LogP contribution >= 0.6 is 0 Å². The van der Waals surface area contributed by atoms with E-state index < -0.39 is 0 Å². The second-order valence-electron chi connectivity index (χ2n) is 13.0. The van der Waals surface area contributed by atoms with Crippen molar-refractivity contribution >= 4 is 0 Å². The van der Waals surface area contributed by atoms with Crippen molar-refractivity contribution in [2.75, 3.05) is 0 Å². The van der Waals surface area contributed by atoms with Gasteiger partial charge in [0.25, 0.3) is 0 Å². The Balaban J connectivity index is 4.51. The van der Waals surface area contributed by atoms with E-state index in [-0.39, 0.29) is 30.1 Å². The SMILES string of the molecule is CCCC(N=O)C(C)C(C)CC(O)C(C)[C@H](C)CCC(C)C(C)CCC(C)[C@H](C)CC(O)C(C)C. The molecule has 0 amide bonds. The summed E-state index contributed by atoms with van der Waals surface area (Å²) < 4.78 is 0. The van der Waals surface area contributed by atoms with E-state index in [4.69, 9.17) is 0 Å². The van der Waals surface area contributed by atoms with Crippen LogP contribution in [0.15, 0.2) is 5.18 Å². The van der Waals surface area contributed by atoms with Crippen LogP contribution in [-0.4, -0.2) is 28.5 Å².